The highest BCUT2D eigenvalue weighted by molar-refractivity contribution is 7.71. The summed E-state index contributed by atoms with van der Waals surface area (Å²) in [6.45, 7) is 4.22. The van der Waals surface area contributed by atoms with Crippen molar-refractivity contribution >= 4 is 12.2 Å². The number of nitrogens with one attached hydrogen (secondary N) is 1. The van der Waals surface area contributed by atoms with Crippen LogP contribution in [0.5, 0.6) is 0 Å². The summed E-state index contributed by atoms with van der Waals surface area (Å²) in [7, 11) is 0. The minimum absolute atomic E-state index is 0.587. The third kappa shape index (κ3) is 1.93. The number of aromatic nitrogens is 3. The van der Waals surface area contributed by atoms with E-state index in [2.05, 4.69) is 46.8 Å². The van der Waals surface area contributed by atoms with Gasteiger partial charge in [0.25, 0.3) is 0 Å². The summed E-state index contributed by atoms with van der Waals surface area (Å²) in [4.78, 5) is 0. The highest BCUT2D eigenvalue weighted by Gasteiger charge is 2.29. The van der Waals surface area contributed by atoms with Crippen LogP contribution in [0.1, 0.15) is 35.7 Å². The number of nitrogens with zero attached hydrogens (tertiary/aromatic N) is 2. The third-order valence-electron chi connectivity index (χ3n) is 3.11. The fraction of sp³-hybridized carbons (Fsp3) is 0.385. The molecule has 0 bridgehead atoms. The van der Waals surface area contributed by atoms with E-state index in [1.165, 1.54) is 24.0 Å². The lowest BCUT2D eigenvalue weighted by Crippen LogP contribution is -2.01. The molecule has 1 aromatic heterocycles. The van der Waals surface area contributed by atoms with Gasteiger partial charge in [-0.2, -0.15) is 5.10 Å². The van der Waals surface area contributed by atoms with Gasteiger partial charge in [-0.1, -0.05) is 6.07 Å². The Labute approximate surface area is 105 Å². The monoisotopic (exact) mass is 245 g/mol. The van der Waals surface area contributed by atoms with Crippen molar-refractivity contribution in [3.8, 4) is 5.69 Å². The molecule has 2 aromatic rings. The molecule has 1 N–H and O–H groups in total. The lowest BCUT2D eigenvalue weighted by atomic mass is 10.1. The van der Waals surface area contributed by atoms with E-state index in [0.717, 1.165) is 11.5 Å². The molecule has 0 amide bonds. The molecule has 1 heterocycles. The van der Waals surface area contributed by atoms with Crippen molar-refractivity contribution in [1.82, 2.24) is 14.8 Å². The van der Waals surface area contributed by atoms with E-state index in [0.29, 0.717) is 10.7 Å². The zero-order valence-electron chi connectivity index (χ0n) is 10.0. The molecule has 17 heavy (non-hydrogen) atoms. The SMILES string of the molecule is Cc1cc(C)cc(-n2c(C3CC3)n[nH]c2=S)c1. The molecule has 0 radical (unpaired) electrons. The van der Waals surface area contributed by atoms with Gasteiger partial charge in [-0.05, 0) is 62.2 Å². The Bertz CT molecular complexity index is 600. The van der Waals surface area contributed by atoms with Gasteiger partial charge in [0.2, 0.25) is 0 Å². The lowest BCUT2D eigenvalue weighted by Gasteiger charge is -2.08. The van der Waals surface area contributed by atoms with E-state index in [-0.39, 0.29) is 0 Å². The maximum Gasteiger partial charge on any atom is 0.199 e. The lowest BCUT2D eigenvalue weighted by molar-refractivity contribution is 0.867. The Morgan fingerprint density at radius 2 is 1.88 bits per heavy atom. The first-order valence-electron chi connectivity index (χ1n) is 5.91. The second-order valence-corrected chi connectivity index (χ2v) is 5.23. The summed E-state index contributed by atoms with van der Waals surface area (Å²) >= 11 is 5.33. The number of rotatable bonds is 2. The van der Waals surface area contributed by atoms with Crippen LogP contribution < -0.4 is 0 Å². The molecule has 0 atom stereocenters. The summed E-state index contributed by atoms with van der Waals surface area (Å²) < 4.78 is 2.77. The Hall–Kier alpha value is -1.42. The molecule has 1 aliphatic rings. The van der Waals surface area contributed by atoms with Gasteiger partial charge in [0, 0.05) is 5.92 Å². The van der Waals surface area contributed by atoms with Crippen molar-refractivity contribution in [3.05, 3.63) is 39.9 Å². The molecular weight excluding hydrogens is 230 g/mol. The van der Waals surface area contributed by atoms with Crippen molar-refractivity contribution in [3.63, 3.8) is 0 Å². The largest absolute Gasteiger partial charge is 0.272 e. The zero-order valence-corrected chi connectivity index (χ0v) is 10.8. The molecule has 88 valence electrons. The van der Waals surface area contributed by atoms with Crippen LogP contribution in [-0.2, 0) is 0 Å². The predicted octanol–water partition coefficient (Wildman–Crippen LogP) is 3.42. The molecule has 1 saturated carbocycles. The van der Waals surface area contributed by atoms with E-state index in [1.54, 1.807) is 0 Å². The predicted molar refractivity (Wildman–Crippen MR) is 70.2 cm³/mol. The van der Waals surface area contributed by atoms with Crippen LogP contribution in [0.2, 0.25) is 0 Å². The Balaban J connectivity index is 2.20. The summed E-state index contributed by atoms with van der Waals surface area (Å²) in [5.74, 6) is 1.67. The minimum Gasteiger partial charge on any atom is -0.272 e. The maximum absolute atomic E-state index is 5.33. The van der Waals surface area contributed by atoms with E-state index >= 15 is 0 Å². The van der Waals surface area contributed by atoms with Crippen LogP contribution in [0.25, 0.3) is 5.69 Å². The fourth-order valence-corrected chi connectivity index (χ4v) is 2.50. The molecule has 1 aliphatic carbocycles. The smallest absolute Gasteiger partial charge is 0.199 e. The number of benzene rings is 1. The van der Waals surface area contributed by atoms with Crippen molar-refractivity contribution in [2.24, 2.45) is 0 Å². The van der Waals surface area contributed by atoms with Gasteiger partial charge in [0.1, 0.15) is 5.82 Å². The van der Waals surface area contributed by atoms with Crippen molar-refractivity contribution in [2.45, 2.75) is 32.6 Å². The molecule has 1 aromatic carbocycles. The standard InChI is InChI=1S/C13H15N3S/c1-8-5-9(2)7-11(6-8)16-12(10-3-4-10)14-15-13(16)17/h5-7,10H,3-4H2,1-2H3,(H,15,17). The number of H-pyrrole nitrogens is 1. The van der Waals surface area contributed by atoms with Gasteiger partial charge in [0.05, 0.1) is 5.69 Å². The van der Waals surface area contributed by atoms with Crippen molar-refractivity contribution in [2.75, 3.05) is 0 Å². The third-order valence-corrected chi connectivity index (χ3v) is 3.38. The van der Waals surface area contributed by atoms with Crippen molar-refractivity contribution in [1.29, 1.82) is 0 Å². The summed E-state index contributed by atoms with van der Waals surface area (Å²) in [6, 6.07) is 6.48. The van der Waals surface area contributed by atoms with Gasteiger partial charge >= 0.3 is 0 Å². The van der Waals surface area contributed by atoms with Gasteiger partial charge in [-0.3, -0.25) is 9.67 Å². The molecular formula is C13H15N3S. The molecule has 0 aliphatic heterocycles. The summed E-state index contributed by atoms with van der Waals surface area (Å²) in [6.07, 6.45) is 2.45. The quantitative estimate of drug-likeness (QED) is 0.822. The summed E-state index contributed by atoms with van der Waals surface area (Å²) in [5.41, 5.74) is 3.64. The van der Waals surface area contributed by atoms with Gasteiger partial charge in [0.15, 0.2) is 4.77 Å². The van der Waals surface area contributed by atoms with Crippen LogP contribution in [0.4, 0.5) is 0 Å². The van der Waals surface area contributed by atoms with E-state index in [4.69, 9.17) is 12.2 Å². The minimum atomic E-state index is 0.587. The fourth-order valence-electron chi connectivity index (χ4n) is 2.25. The average molecular weight is 245 g/mol. The number of aromatic amines is 1. The first-order chi connectivity index (χ1) is 8.15. The Kier molecular flexibility index (Phi) is 2.40. The number of aryl methyl sites for hydroxylation is 2. The molecule has 1 fully saturated rings. The molecule has 3 rings (SSSR count). The molecule has 4 heteroatoms. The van der Waals surface area contributed by atoms with Crippen LogP contribution in [0.3, 0.4) is 0 Å². The molecule has 0 saturated heterocycles. The Morgan fingerprint density at radius 1 is 1.24 bits per heavy atom. The van der Waals surface area contributed by atoms with Crippen LogP contribution in [0.15, 0.2) is 18.2 Å². The van der Waals surface area contributed by atoms with E-state index in [1.807, 2.05) is 0 Å². The molecule has 0 unspecified atom stereocenters. The second kappa shape index (κ2) is 3.81. The van der Waals surface area contributed by atoms with Gasteiger partial charge in [-0.15, -0.1) is 0 Å². The summed E-state index contributed by atoms with van der Waals surface area (Å²) in [5, 5.41) is 7.27. The van der Waals surface area contributed by atoms with Crippen molar-refractivity contribution < 1.29 is 0 Å². The number of hydrogen-bond donors (Lipinski definition) is 1. The van der Waals surface area contributed by atoms with Gasteiger partial charge < -0.3 is 0 Å². The number of hydrogen-bond acceptors (Lipinski definition) is 2. The van der Waals surface area contributed by atoms with Crippen LogP contribution in [-0.4, -0.2) is 14.8 Å². The van der Waals surface area contributed by atoms with E-state index < -0.39 is 0 Å². The highest BCUT2D eigenvalue weighted by Crippen LogP contribution is 2.39. The Morgan fingerprint density at radius 3 is 2.47 bits per heavy atom. The average Bonchev–Trinajstić information content (AvgIpc) is 3.01. The van der Waals surface area contributed by atoms with Crippen LogP contribution in [0, 0.1) is 18.6 Å². The maximum atomic E-state index is 5.33. The van der Waals surface area contributed by atoms with Gasteiger partial charge in [-0.25, -0.2) is 0 Å². The van der Waals surface area contributed by atoms with Crippen LogP contribution >= 0.6 is 12.2 Å². The molecule has 3 nitrogen and oxygen atoms in total. The first-order valence-corrected chi connectivity index (χ1v) is 6.32. The highest BCUT2D eigenvalue weighted by atomic mass is 32.1. The molecule has 0 spiro atoms. The van der Waals surface area contributed by atoms with E-state index in [9.17, 15) is 0 Å². The normalized spacial score (nSPS) is 15.2. The topological polar surface area (TPSA) is 33.6 Å². The zero-order chi connectivity index (χ0) is 12.0. The second-order valence-electron chi connectivity index (χ2n) is 4.84. The first kappa shape index (κ1) is 10.7.